The van der Waals surface area contributed by atoms with Crippen LogP contribution in [-0.4, -0.2) is 17.2 Å². The Kier molecular flexibility index (Phi) is 7.59. The van der Waals surface area contributed by atoms with Crippen molar-refractivity contribution in [2.75, 3.05) is 5.32 Å². The van der Waals surface area contributed by atoms with Crippen molar-refractivity contribution < 1.29 is 13.6 Å². The number of hydrogen-bond acceptors (Lipinski definition) is 5. The molecule has 2 aromatic rings. The van der Waals surface area contributed by atoms with Crippen LogP contribution < -0.4 is 5.32 Å². The molecule has 0 saturated heterocycles. The van der Waals surface area contributed by atoms with E-state index >= 15 is 0 Å². The zero-order valence-corrected chi connectivity index (χ0v) is 18.5. The first-order chi connectivity index (χ1) is 14.7. The lowest BCUT2D eigenvalue weighted by atomic mass is 9.98. The van der Waals surface area contributed by atoms with Crippen LogP contribution >= 0.6 is 7.60 Å². The molecule has 2 saturated carbocycles. The fourth-order valence-electron chi connectivity index (χ4n) is 4.48. The van der Waals surface area contributed by atoms with Crippen molar-refractivity contribution in [1.82, 2.24) is 4.98 Å². The largest absolute Gasteiger partial charge is 0.368 e. The molecule has 6 heteroatoms. The molecular weight excluding hydrogens is 395 g/mol. The SMILES string of the molecule is O=P(OC1CCCCC1)(OC1CCCCC1)[C@H](Nc1ccccc1)c1cccnc1. The molecule has 4 rings (SSSR count). The minimum Gasteiger partial charge on any atom is -0.368 e. The Labute approximate surface area is 180 Å². The Hall–Kier alpha value is -1.68. The van der Waals surface area contributed by atoms with Crippen LogP contribution in [0.25, 0.3) is 0 Å². The number of nitrogens with zero attached hydrogens (tertiary/aromatic N) is 1. The minimum atomic E-state index is -3.50. The van der Waals surface area contributed by atoms with Crippen LogP contribution in [0.3, 0.4) is 0 Å². The van der Waals surface area contributed by atoms with E-state index in [1.54, 1.807) is 12.4 Å². The van der Waals surface area contributed by atoms with Gasteiger partial charge in [-0.15, -0.1) is 0 Å². The standard InChI is InChI=1S/C24H33N2O3P/c27-30(28-22-14-6-2-7-15-22,29-23-16-8-3-9-17-23)24(20-11-10-18-25-19-20)26-21-12-4-1-5-13-21/h1,4-5,10-13,18-19,22-24,26H,2-3,6-9,14-17H2/t24-/m0/s1. The van der Waals surface area contributed by atoms with Crippen LogP contribution in [0, 0.1) is 0 Å². The third-order valence-corrected chi connectivity index (χ3v) is 8.33. The van der Waals surface area contributed by atoms with Gasteiger partial charge in [-0.05, 0) is 43.9 Å². The van der Waals surface area contributed by atoms with Crippen molar-refractivity contribution in [3.05, 3.63) is 60.4 Å². The molecule has 1 N–H and O–H groups in total. The maximum absolute atomic E-state index is 14.5. The van der Waals surface area contributed by atoms with Gasteiger partial charge < -0.3 is 14.4 Å². The quantitative estimate of drug-likeness (QED) is 0.455. The van der Waals surface area contributed by atoms with Gasteiger partial charge in [0.25, 0.3) is 0 Å². The summed E-state index contributed by atoms with van der Waals surface area (Å²) in [5, 5.41) is 3.46. The molecule has 0 radical (unpaired) electrons. The summed E-state index contributed by atoms with van der Waals surface area (Å²) >= 11 is 0. The van der Waals surface area contributed by atoms with Gasteiger partial charge in [-0.25, -0.2) is 0 Å². The highest BCUT2D eigenvalue weighted by atomic mass is 31.2. The molecule has 0 amide bonds. The van der Waals surface area contributed by atoms with Gasteiger partial charge in [-0.2, -0.15) is 0 Å². The van der Waals surface area contributed by atoms with Gasteiger partial charge in [0.1, 0.15) is 0 Å². The summed E-state index contributed by atoms with van der Waals surface area (Å²) in [7, 11) is -3.50. The second-order valence-electron chi connectivity index (χ2n) is 8.47. The smallest absolute Gasteiger partial charge is 0.357 e. The Morgan fingerprint density at radius 1 is 0.833 bits per heavy atom. The molecule has 1 aromatic carbocycles. The van der Waals surface area contributed by atoms with Crippen LogP contribution in [0.15, 0.2) is 54.9 Å². The summed E-state index contributed by atoms with van der Waals surface area (Å²) in [6.07, 6.45) is 14.2. The number of pyridine rings is 1. The first-order valence-electron chi connectivity index (χ1n) is 11.4. The fraction of sp³-hybridized carbons (Fsp3) is 0.542. The van der Waals surface area contributed by atoms with Crippen molar-refractivity contribution in [2.45, 2.75) is 82.2 Å². The Morgan fingerprint density at radius 3 is 1.97 bits per heavy atom. The van der Waals surface area contributed by atoms with Crippen molar-refractivity contribution in [1.29, 1.82) is 0 Å². The van der Waals surface area contributed by atoms with E-state index in [0.29, 0.717) is 0 Å². The van der Waals surface area contributed by atoms with Crippen molar-refractivity contribution in [2.24, 2.45) is 0 Å². The zero-order chi connectivity index (χ0) is 20.7. The summed E-state index contributed by atoms with van der Waals surface area (Å²) in [4.78, 5) is 4.28. The Morgan fingerprint density at radius 2 is 1.43 bits per heavy atom. The van der Waals surface area contributed by atoms with Gasteiger partial charge in [0.15, 0.2) is 5.78 Å². The number of hydrogen-bond donors (Lipinski definition) is 1. The molecule has 5 nitrogen and oxygen atoms in total. The van der Waals surface area contributed by atoms with Crippen LogP contribution in [0.2, 0.25) is 0 Å². The summed E-state index contributed by atoms with van der Waals surface area (Å²) in [6, 6.07) is 13.7. The number of benzene rings is 1. The molecule has 0 aliphatic heterocycles. The van der Waals surface area contributed by atoms with Crippen LogP contribution in [0.5, 0.6) is 0 Å². The number of para-hydroxylation sites is 1. The highest BCUT2D eigenvalue weighted by molar-refractivity contribution is 7.54. The molecule has 1 heterocycles. The maximum Gasteiger partial charge on any atom is 0.357 e. The monoisotopic (exact) mass is 428 g/mol. The predicted molar refractivity (Wildman–Crippen MR) is 121 cm³/mol. The number of rotatable bonds is 8. The summed E-state index contributed by atoms with van der Waals surface area (Å²) < 4.78 is 27.3. The topological polar surface area (TPSA) is 60.5 Å². The van der Waals surface area contributed by atoms with E-state index in [-0.39, 0.29) is 12.2 Å². The molecule has 0 unspecified atom stereocenters. The van der Waals surface area contributed by atoms with Crippen molar-refractivity contribution in [3.8, 4) is 0 Å². The first kappa shape index (κ1) is 21.5. The van der Waals surface area contributed by atoms with E-state index in [1.165, 1.54) is 12.8 Å². The number of aromatic nitrogens is 1. The number of nitrogens with one attached hydrogen (secondary N) is 1. The lowest BCUT2D eigenvalue weighted by Gasteiger charge is -2.35. The van der Waals surface area contributed by atoms with E-state index in [9.17, 15) is 4.57 Å². The van der Waals surface area contributed by atoms with Crippen molar-refractivity contribution >= 4 is 13.3 Å². The molecular formula is C24H33N2O3P. The van der Waals surface area contributed by atoms with Crippen LogP contribution in [0.4, 0.5) is 5.69 Å². The van der Waals surface area contributed by atoms with Gasteiger partial charge in [0.2, 0.25) is 0 Å². The average molecular weight is 429 g/mol. The Bertz CT molecular complexity index is 782. The molecule has 162 valence electrons. The minimum absolute atomic E-state index is 0.00933. The molecule has 2 aliphatic carbocycles. The highest BCUT2D eigenvalue weighted by Crippen LogP contribution is 2.63. The third kappa shape index (κ3) is 5.72. The zero-order valence-electron chi connectivity index (χ0n) is 17.6. The van der Waals surface area contributed by atoms with Gasteiger partial charge in [-0.3, -0.25) is 9.55 Å². The summed E-state index contributed by atoms with van der Waals surface area (Å²) in [6.45, 7) is 0. The van der Waals surface area contributed by atoms with Gasteiger partial charge >= 0.3 is 7.60 Å². The predicted octanol–water partition coefficient (Wildman–Crippen LogP) is 7.08. The van der Waals surface area contributed by atoms with E-state index < -0.39 is 13.4 Å². The first-order valence-corrected chi connectivity index (χ1v) is 13.0. The van der Waals surface area contributed by atoms with Gasteiger partial charge in [0, 0.05) is 23.6 Å². The molecule has 2 aliphatic rings. The third-order valence-electron chi connectivity index (χ3n) is 6.09. The van der Waals surface area contributed by atoms with E-state index in [2.05, 4.69) is 10.3 Å². The van der Waals surface area contributed by atoms with Gasteiger partial charge in [-0.1, -0.05) is 62.8 Å². The van der Waals surface area contributed by atoms with E-state index in [1.807, 2.05) is 42.5 Å². The second-order valence-corrected chi connectivity index (χ2v) is 10.5. The summed E-state index contributed by atoms with van der Waals surface area (Å²) in [5.41, 5.74) is 1.72. The lowest BCUT2D eigenvalue weighted by molar-refractivity contribution is 0.0758. The normalized spacial score (nSPS) is 20.0. The fourth-order valence-corrected chi connectivity index (χ4v) is 6.85. The molecule has 0 bridgehead atoms. The Balaban J connectivity index is 1.66. The molecule has 1 aromatic heterocycles. The molecule has 2 fully saturated rings. The second kappa shape index (κ2) is 10.6. The van der Waals surface area contributed by atoms with Gasteiger partial charge in [0.05, 0.1) is 12.2 Å². The summed E-state index contributed by atoms with van der Waals surface area (Å²) in [5.74, 6) is -0.586. The van der Waals surface area contributed by atoms with E-state index in [4.69, 9.17) is 9.05 Å². The lowest BCUT2D eigenvalue weighted by Crippen LogP contribution is -2.25. The molecule has 1 atom stereocenters. The molecule has 0 spiro atoms. The average Bonchev–Trinajstić information content (AvgIpc) is 2.80. The van der Waals surface area contributed by atoms with Crippen LogP contribution in [-0.2, 0) is 13.6 Å². The van der Waals surface area contributed by atoms with E-state index in [0.717, 1.165) is 62.6 Å². The highest BCUT2D eigenvalue weighted by Gasteiger charge is 2.42. The molecule has 30 heavy (non-hydrogen) atoms. The number of anilines is 1. The maximum atomic E-state index is 14.5. The van der Waals surface area contributed by atoms with Crippen LogP contribution in [0.1, 0.15) is 75.6 Å². The van der Waals surface area contributed by atoms with Crippen molar-refractivity contribution in [3.63, 3.8) is 0 Å².